The molecule has 0 aromatic heterocycles. The second-order valence-electron chi connectivity index (χ2n) is 6.54. The van der Waals surface area contributed by atoms with Gasteiger partial charge < -0.3 is 20.6 Å². The van der Waals surface area contributed by atoms with Gasteiger partial charge >= 0.3 is 24.1 Å². The van der Waals surface area contributed by atoms with Crippen LogP contribution in [0.1, 0.15) is 56.0 Å². The fourth-order valence-corrected chi connectivity index (χ4v) is 2.69. The highest BCUT2D eigenvalue weighted by Crippen LogP contribution is 2.29. The van der Waals surface area contributed by atoms with Gasteiger partial charge in [-0.3, -0.25) is 0 Å². The van der Waals surface area contributed by atoms with Crippen LogP contribution < -0.4 is 5.32 Å². The van der Waals surface area contributed by atoms with Gasteiger partial charge in [0.15, 0.2) is 0 Å². The lowest BCUT2D eigenvalue weighted by Gasteiger charge is -2.13. The van der Waals surface area contributed by atoms with Crippen molar-refractivity contribution in [2.45, 2.75) is 32.5 Å². The maximum atomic E-state index is 12.4. The van der Waals surface area contributed by atoms with Gasteiger partial charge in [-0.2, -0.15) is 13.2 Å². The molecule has 0 fully saturated rings. The number of nitrogens with one attached hydrogen (secondary N) is 1. The lowest BCUT2D eigenvalue weighted by molar-refractivity contribution is -0.137. The molecule has 0 aliphatic carbocycles. The third-order valence-electron chi connectivity index (χ3n) is 4.08. The number of likely N-dealkylation sites (N-methyl/N-ethyl adjacent to an activating group) is 1. The van der Waals surface area contributed by atoms with Crippen LogP contribution >= 0.6 is 12.4 Å². The summed E-state index contributed by atoms with van der Waals surface area (Å²) in [6.07, 6.45) is -3.64. The second kappa shape index (κ2) is 12.7. The van der Waals surface area contributed by atoms with Crippen molar-refractivity contribution in [2.24, 2.45) is 0 Å². The normalized spacial score (nSPS) is 11.4. The molecule has 32 heavy (non-hydrogen) atoms. The first kappa shape index (κ1) is 28.9. The zero-order valence-electron chi connectivity index (χ0n) is 17.1. The van der Waals surface area contributed by atoms with Gasteiger partial charge in [0, 0.05) is 6.04 Å². The van der Waals surface area contributed by atoms with Gasteiger partial charge in [0.2, 0.25) is 0 Å². The predicted molar refractivity (Wildman–Crippen MR) is 113 cm³/mol. The minimum Gasteiger partial charge on any atom is -0.478 e. The molecule has 4 N–H and O–H groups in total. The number of alkyl halides is 3. The first-order valence-electron chi connectivity index (χ1n) is 9.10. The lowest BCUT2D eigenvalue weighted by atomic mass is 10.0. The number of carboxylic acid groups (broad SMARTS) is 3. The minimum absolute atomic E-state index is 0. The smallest absolute Gasteiger partial charge is 0.416 e. The van der Waals surface area contributed by atoms with Crippen LogP contribution in [-0.2, 0) is 12.6 Å². The van der Waals surface area contributed by atoms with E-state index in [1.54, 1.807) is 6.07 Å². The molecule has 0 spiro atoms. The van der Waals surface area contributed by atoms with Crippen molar-refractivity contribution in [2.75, 3.05) is 6.54 Å². The highest BCUT2D eigenvalue weighted by atomic mass is 35.5. The maximum absolute atomic E-state index is 12.4. The minimum atomic E-state index is -4.25. The fourth-order valence-electron chi connectivity index (χ4n) is 2.69. The topological polar surface area (TPSA) is 124 Å². The maximum Gasteiger partial charge on any atom is 0.416 e. The molecule has 176 valence electrons. The Labute approximate surface area is 188 Å². The molecular weight excluding hydrogens is 455 g/mol. The van der Waals surface area contributed by atoms with Crippen molar-refractivity contribution in [3.8, 4) is 0 Å². The second-order valence-corrected chi connectivity index (χ2v) is 6.54. The average molecular weight is 478 g/mol. The molecule has 0 saturated heterocycles. The number of hydrogen-bond acceptors (Lipinski definition) is 4. The molecule has 0 aliphatic heterocycles. The summed E-state index contributed by atoms with van der Waals surface area (Å²) >= 11 is 0. The molecule has 0 aliphatic rings. The lowest BCUT2D eigenvalue weighted by Crippen LogP contribution is -2.27. The van der Waals surface area contributed by atoms with Crippen LogP contribution in [0.15, 0.2) is 42.5 Å². The first-order chi connectivity index (χ1) is 14.4. The van der Waals surface area contributed by atoms with E-state index in [2.05, 4.69) is 5.32 Å². The molecule has 1 unspecified atom stereocenters. The van der Waals surface area contributed by atoms with Crippen LogP contribution in [0.25, 0.3) is 0 Å². The van der Waals surface area contributed by atoms with Crippen molar-refractivity contribution < 1.29 is 42.9 Å². The van der Waals surface area contributed by atoms with Gasteiger partial charge in [0.1, 0.15) is 0 Å². The third kappa shape index (κ3) is 8.94. The Bertz CT molecular complexity index is 949. The largest absolute Gasteiger partial charge is 0.478 e. The van der Waals surface area contributed by atoms with Gasteiger partial charge in [0.05, 0.1) is 22.3 Å². The van der Waals surface area contributed by atoms with E-state index in [4.69, 9.17) is 15.3 Å². The highest BCUT2D eigenvalue weighted by molar-refractivity contribution is 6.03. The van der Waals surface area contributed by atoms with Crippen molar-refractivity contribution in [3.05, 3.63) is 70.3 Å². The Morgan fingerprint density at radius 2 is 1.53 bits per heavy atom. The SMILES string of the molecule is CCNC(C)Cc1cccc(C(F)(F)F)c1.Cl.O=C(O)c1ccc(C(=O)O)c(C(=O)O)c1. The summed E-state index contributed by atoms with van der Waals surface area (Å²) in [5.74, 6) is -4.20. The summed E-state index contributed by atoms with van der Waals surface area (Å²) in [7, 11) is 0. The molecule has 0 heterocycles. The fraction of sp³-hybridized carbons (Fsp3) is 0.286. The van der Waals surface area contributed by atoms with Crippen LogP contribution in [0.5, 0.6) is 0 Å². The van der Waals surface area contributed by atoms with E-state index in [9.17, 15) is 27.6 Å². The summed E-state index contributed by atoms with van der Waals surface area (Å²) in [5.41, 5.74) is -1.11. The Kier molecular flexibility index (Phi) is 11.4. The summed E-state index contributed by atoms with van der Waals surface area (Å²) < 4.78 is 37.3. The molecule has 0 bridgehead atoms. The van der Waals surface area contributed by atoms with Gasteiger partial charge in [-0.05, 0) is 49.7 Å². The van der Waals surface area contributed by atoms with Gasteiger partial charge in [-0.1, -0.05) is 25.1 Å². The number of aromatic carboxylic acids is 3. The molecule has 2 aromatic rings. The monoisotopic (exact) mass is 477 g/mol. The van der Waals surface area contributed by atoms with Crippen molar-refractivity contribution in [1.82, 2.24) is 5.32 Å². The Hall–Kier alpha value is -3.11. The molecule has 1 atom stereocenters. The number of carboxylic acids is 3. The molecule has 0 amide bonds. The Balaban J connectivity index is 0.000000584. The number of carbonyl (C=O) groups is 3. The highest BCUT2D eigenvalue weighted by Gasteiger charge is 2.30. The van der Waals surface area contributed by atoms with E-state index in [0.29, 0.717) is 12.0 Å². The number of hydrogen-bond donors (Lipinski definition) is 4. The zero-order valence-corrected chi connectivity index (χ0v) is 18.0. The van der Waals surface area contributed by atoms with E-state index in [0.717, 1.165) is 30.8 Å². The van der Waals surface area contributed by atoms with Gasteiger partial charge in [0.25, 0.3) is 0 Å². The van der Waals surface area contributed by atoms with Gasteiger partial charge in [-0.25, -0.2) is 14.4 Å². The van der Waals surface area contributed by atoms with E-state index in [1.807, 2.05) is 13.8 Å². The van der Waals surface area contributed by atoms with Crippen LogP contribution in [0.2, 0.25) is 0 Å². The van der Waals surface area contributed by atoms with E-state index >= 15 is 0 Å². The molecule has 0 radical (unpaired) electrons. The van der Waals surface area contributed by atoms with Gasteiger partial charge in [-0.15, -0.1) is 12.4 Å². The van der Waals surface area contributed by atoms with E-state index in [1.165, 1.54) is 12.1 Å². The van der Waals surface area contributed by atoms with Crippen LogP contribution in [-0.4, -0.2) is 45.8 Å². The Morgan fingerprint density at radius 1 is 0.938 bits per heavy atom. The van der Waals surface area contributed by atoms with E-state index in [-0.39, 0.29) is 24.0 Å². The molecule has 0 saturated carbocycles. The Morgan fingerprint density at radius 3 is 2.00 bits per heavy atom. The summed E-state index contributed by atoms with van der Waals surface area (Å²) in [6, 6.07) is 8.49. The standard InChI is InChI=1S/C12H16F3N.C9H6O6.ClH/c1-3-16-9(2)7-10-5-4-6-11(8-10)12(13,14)15;10-7(11)4-1-2-5(8(12)13)6(3-4)9(14)15;/h4-6,8-9,16H,3,7H2,1-2H3;1-3H,(H,10,11)(H,12,13)(H,14,15);1H. The zero-order chi connectivity index (χ0) is 23.8. The summed E-state index contributed by atoms with van der Waals surface area (Å²) in [5, 5.41) is 29.0. The van der Waals surface area contributed by atoms with Crippen molar-refractivity contribution >= 4 is 30.3 Å². The molecule has 11 heteroatoms. The van der Waals surface area contributed by atoms with Crippen LogP contribution in [0, 0.1) is 0 Å². The summed E-state index contributed by atoms with van der Waals surface area (Å²) in [6.45, 7) is 4.76. The van der Waals surface area contributed by atoms with E-state index < -0.39 is 40.8 Å². The molecule has 2 rings (SSSR count). The van der Waals surface area contributed by atoms with Crippen molar-refractivity contribution in [1.29, 1.82) is 0 Å². The van der Waals surface area contributed by atoms with Crippen LogP contribution in [0.3, 0.4) is 0 Å². The predicted octanol–water partition coefficient (Wildman–Crippen LogP) is 4.45. The number of rotatable bonds is 7. The summed E-state index contributed by atoms with van der Waals surface area (Å²) in [4.78, 5) is 31.8. The number of halogens is 4. The third-order valence-corrected chi connectivity index (χ3v) is 4.08. The molecule has 7 nitrogen and oxygen atoms in total. The molecular formula is C21H23ClF3NO6. The first-order valence-corrected chi connectivity index (χ1v) is 9.10. The van der Waals surface area contributed by atoms with Crippen LogP contribution in [0.4, 0.5) is 13.2 Å². The molecule has 2 aromatic carbocycles. The quantitative estimate of drug-likeness (QED) is 0.464. The average Bonchev–Trinajstić information content (AvgIpc) is 2.67. The number of benzene rings is 2. The van der Waals surface area contributed by atoms with Crippen molar-refractivity contribution in [3.63, 3.8) is 0 Å².